The average Bonchev–Trinajstić information content (AvgIpc) is 3.32. The number of pyridine rings is 1. The van der Waals surface area contributed by atoms with Gasteiger partial charge in [0.2, 0.25) is 0 Å². The molecule has 4 rings (SSSR count). The van der Waals surface area contributed by atoms with Gasteiger partial charge in [-0.15, -0.1) is 11.3 Å². The van der Waals surface area contributed by atoms with E-state index in [0.29, 0.717) is 13.1 Å². The van der Waals surface area contributed by atoms with E-state index in [-0.39, 0.29) is 5.91 Å². The van der Waals surface area contributed by atoms with Gasteiger partial charge in [-0.2, -0.15) is 0 Å². The van der Waals surface area contributed by atoms with Crippen molar-refractivity contribution in [2.45, 2.75) is 39.9 Å². The molecule has 1 amide bonds. The van der Waals surface area contributed by atoms with Gasteiger partial charge in [-0.05, 0) is 48.1 Å². The third kappa shape index (κ3) is 4.07. The summed E-state index contributed by atoms with van der Waals surface area (Å²) in [6.45, 7) is 5.94. The van der Waals surface area contributed by atoms with E-state index in [9.17, 15) is 4.79 Å². The van der Waals surface area contributed by atoms with E-state index < -0.39 is 0 Å². The zero-order chi connectivity index (χ0) is 20.2. The zero-order valence-electron chi connectivity index (χ0n) is 16.7. The number of hydrogen-bond acceptors (Lipinski definition) is 4. The molecule has 0 fully saturated rings. The van der Waals surface area contributed by atoms with E-state index in [2.05, 4.69) is 28.6 Å². The molecule has 3 heterocycles. The summed E-state index contributed by atoms with van der Waals surface area (Å²) in [7, 11) is 0. The highest BCUT2D eigenvalue weighted by Crippen LogP contribution is 2.22. The van der Waals surface area contributed by atoms with Crippen LogP contribution >= 0.6 is 11.3 Å². The molecule has 0 saturated carbocycles. The van der Waals surface area contributed by atoms with Crippen LogP contribution in [0.2, 0.25) is 0 Å². The lowest BCUT2D eigenvalue weighted by Crippen LogP contribution is -2.31. The Morgan fingerprint density at radius 2 is 1.93 bits per heavy atom. The predicted molar refractivity (Wildman–Crippen MR) is 117 cm³/mol. The van der Waals surface area contributed by atoms with Gasteiger partial charge in [-0.3, -0.25) is 4.79 Å². The molecule has 0 aliphatic carbocycles. The summed E-state index contributed by atoms with van der Waals surface area (Å²) in [6, 6.07) is 16.0. The maximum atomic E-state index is 13.4. The molecule has 0 atom stereocenters. The molecule has 0 N–H and O–H groups in total. The van der Waals surface area contributed by atoms with Crippen molar-refractivity contribution in [3.05, 3.63) is 81.9 Å². The number of benzene rings is 1. The van der Waals surface area contributed by atoms with Gasteiger partial charge in [0.05, 0.1) is 11.4 Å². The number of hydrogen-bond donors (Lipinski definition) is 0. The van der Waals surface area contributed by atoms with E-state index >= 15 is 0 Å². The van der Waals surface area contributed by atoms with Crippen molar-refractivity contribution in [3.63, 3.8) is 0 Å². The van der Waals surface area contributed by atoms with Crippen molar-refractivity contribution in [3.8, 4) is 0 Å². The largest absolute Gasteiger partial charge is 0.326 e. The zero-order valence-corrected chi connectivity index (χ0v) is 17.5. The lowest BCUT2D eigenvalue weighted by atomic mass is 10.2. The minimum Gasteiger partial charge on any atom is -0.326 e. The van der Waals surface area contributed by atoms with Gasteiger partial charge in [-0.25, -0.2) is 9.97 Å². The van der Waals surface area contributed by atoms with E-state index in [1.807, 2.05) is 53.6 Å². The van der Waals surface area contributed by atoms with E-state index in [1.165, 1.54) is 11.3 Å². The number of imidazole rings is 1. The second kappa shape index (κ2) is 8.57. The number of fused-ring (bicyclic) bond motifs is 1. The van der Waals surface area contributed by atoms with Crippen LogP contribution in [0.1, 0.15) is 40.0 Å². The van der Waals surface area contributed by atoms with Gasteiger partial charge in [0.25, 0.3) is 5.91 Å². The van der Waals surface area contributed by atoms with Gasteiger partial charge in [0.15, 0.2) is 5.65 Å². The number of thiophene rings is 1. The first-order chi connectivity index (χ1) is 14.2. The number of amides is 1. The van der Waals surface area contributed by atoms with Gasteiger partial charge in [-0.1, -0.05) is 37.3 Å². The molecule has 1 aromatic carbocycles. The third-order valence-corrected chi connectivity index (χ3v) is 5.93. The molecule has 0 unspecified atom stereocenters. The molecule has 0 spiro atoms. The van der Waals surface area contributed by atoms with Crippen molar-refractivity contribution >= 4 is 28.4 Å². The number of aromatic nitrogens is 3. The predicted octanol–water partition coefficient (Wildman–Crippen LogP) is 5.05. The van der Waals surface area contributed by atoms with Crippen LogP contribution in [-0.2, 0) is 19.6 Å². The molecule has 6 heteroatoms. The van der Waals surface area contributed by atoms with Crippen LogP contribution in [0.3, 0.4) is 0 Å². The Morgan fingerprint density at radius 1 is 1.10 bits per heavy atom. The first-order valence-corrected chi connectivity index (χ1v) is 10.7. The molecule has 0 aliphatic heterocycles. The fraction of sp³-hybridized carbons (Fsp3) is 0.261. The summed E-state index contributed by atoms with van der Waals surface area (Å²) < 4.78 is 2.14. The van der Waals surface area contributed by atoms with E-state index in [4.69, 9.17) is 4.98 Å². The normalized spacial score (nSPS) is 11.1. The Morgan fingerprint density at radius 3 is 2.66 bits per heavy atom. The molecule has 4 aromatic rings. The molecular formula is C23H24N4OS. The summed E-state index contributed by atoms with van der Waals surface area (Å²) >= 11 is 1.50. The summed E-state index contributed by atoms with van der Waals surface area (Å²) in [5, 5.41) is 1.97. The quantitative estimate of drug-likeness (QED) is 0.433. The highest BCUT2D eigenvalue weighted by Gasteiger charge is 2.22. The Hall–Kier alpha value is -2.99. The standard InChI is InChI=1S/C23H24N4OS/c1-3-13-27-20(25-19-10-7-12-24-22(19)27)16-26(15-18-8-5-4-6-9-18)23(28)21-17(2)11-14-29-21/h4-12,14H,3,13,15-16H2,1-2H3. The van der Waals surface area contributed by atoms with Crippen molar-refractivity contribution in [1.29, 1.82) is 0 Å². The summed E-state index contributed by atoms with van der Waals surface area (Å²) in [4.78, 5) is 25.4. The second-order valence-corrected chi connectivity index (χ2v) is 8.02. The van der Waals surface area contributed by atoms with Crippen molar-refractivity contribution in [2.75, 3.05) is 0 Å². The minimum atomic E-state index is 0.0458. The van der Waals surface area contributed by atoms with Crippen LogP contribution in [0, 0.1) is 6.92 Å². The molecule has 0 radical (unpaired) electrons. The molecule has 0 bridgehead atoms. The van der Waals surface area contributed by atoms with Crippen LogP contribution in [0.15, 0.2) is 60.1 Å². The fourth-order valence-corrected chi connectivity index (χ4v) is 4.39. The minimum absolute atomic E-state index is 0.0458. The first kappa shape index (κ1) is 19.3. The van der Waals surface area contributed by atoms with Crippen LogP contribution in [-0.4, -0.2) is 25.3 Å². The maximum absolute atomic E-state index is 13.4. The number of carbonyl (C=O) groups is 1. The lowest BCUT2D eigenvalue weighted by molar-refractivity contribution is 0.0728. The van der Waals surface area contributed by atoms with Crippen LogP contribution in [0.4, 0.5) is 0 Å². The topological polar surface area (TPSA) is 51.0 Å². The van der Waals surface area contributed by atoms with Crippen molar-refractivity contribution in [2.24, 2.45) is 0 Å². The molecule has 0 aliphatic rings. The fourth-order valence-electron chi connectivity index (χ4n) is 3.49. The highest BCUT2D eigenvalue weighted by atomic mass is 32.1. The molecule has 3 aromatic heterocycles. The van der Waals surface area contributed by atoms with Gasteiger partial charge >= 0.3 is 0 Å². The SMILES string of the molecule is CCCn1c(CN(Cc2ccccc2)C(=O)c2sccc2C)nc2cccnc21. The van der Waals surface area contributed by atoms with Crippen molar-refractivity contribution < 1.29 is 4.79 Å². The maximum Gasteiger partial charge on any atom is 0.264 e. The van der Waals surface area contributed by atoms with Gasteiger partial charge < -0.3 is 9.47 Å². The monoisotopic (exact) mass is 404 g/mol. The summed E-state index contributed by atoms with van der Waals surface area (Å²) in [5.41, 5.74) is 3.87. The van der Waals surface area contributed by atoms with Crippen LogP contribution in [0.25, 0.3) is 11.2 Å². The Balaban J connectivity index is 1.72. The Kier molecular flexibility index (Phi) is 5.71. The molecule has 5 nitrogen and oxygen atoms in total. The third-order valence-electron chi connectivity index (χ3n) is 4.92. The lowest BCUT2D eigenvalue weighted by Gasteiger charge is -2.23. The summed E-state index contributed by atoms with van der Waals surface area (Å²) in [5.74, 6) is 0.920. The van der Waals surface area contributed by atoms with Crippen LogP contribution in [0.5, 0.6) is 0 Å². The number of carbonyl (C=O) groups excluding carboxylic acids is 1. The first-order valence-electron chi connectivity index (χ1n) is 9.84. The molecule has 0 saturated heterocycles. The van der Waals surface area contributed by atoms with Crippen molar-refractivity contribution in [1.82, 2.24) is 19.4 Å². The highest BCUT2D eigenvalue weighted by molar-refractivity contribution is 7.12. The number of nitrogens with zero attached hydrogens (tertiary/aromatic N) is 4. The molecule has 29 heavy (non-hydrogen) atoms. The van der Waals surface area contributed by atoms with Crippen LogP contribution < -0.4 is 0 Å². The van der Waals surface area contributed by atoms with Gasteiger partial charge in [0.1, 0.15) is 11.3 Å². The number of aryl methyl sites for hydroxylation is 2. The van der Waals surface area contributed by atoms with E-state index in [1.54, 1.807) is 6.20 Å². The smallest absolute Gasteiger partial charge is 0.264 e. The summed E-state index contributed by atoms with van der Waals surface area (Å²) in [6.07, 6.45) is 2.77. The molecule has 148 valence electrons. The second-order valence-electron chi connectivity index (χ2n) is 7.11. The molecular weight excluding hydrogens is 380 g/mol. The van der Waals surface area contributed by atoms with Gasteiger partial charge in [0, 0.05) is 19.3 Å². The average molecular weight is 405 g/mol. The number of rotatable bonds is 7. The Labute approximate surface area is 174 Å². The Bertz CT molecular complexity index is 1120. The van der Waals surface area contributed by atoms with E-state index in [0.717, 1.165) is 46.0 Å².